The van der Waals surface area contributed by atoms with Crippen molar-refractivity contribution >= 4 is 17.6 Å². The van der Waals surface area contributed by atoms with Gasteiger partial charge in [0.2, 0.25) is 0 Å². The molecule has 2 aromatic rings. The summed E-state index contributed by atoms with van der Waals surface area (Å²) in [6.07, 6.45) is 0. The standard InChI is InChI=1S/C24H32N4O3/c1-26(2)19-11-9-18(10-12-19)22(28-15-13-27(3)14-16-28)17-25-23(29)20-7-5-6-8-21(20)24(30)31-4/h5-12,22H,13-17H2,1-4H3,(H,25,29)/p+2/t22-/m1/s1. The molecule has 2 aromatic carbocycles. The van der Waals surface area contributed by atoms with Gasteiger partial charge in [-0.15, -0.1) is 0 Å². The molecule has 0 aromatic heterocycles. The molecule has 166 valence electrons. The zero-order chi connectivity index (χ0) is 22.4. The van der Waals surface area contributed by atoms with Crippen LogP contribution in [0.25, 0.3) is 0 Å². The molecule has 7 nitrogen and oxygen atoms in total. The van der Waals surface area contributed by atoms with Crippen LogP contribution >= 0.6 is 0 Å². The summed E-state index contributed by atoms with van der Waals surface area (Å²) < 4.78 is 4.83. The molecule has 0 spiro atoms. The van der Waals surface area contributed by atoms with Gasteiger partial charge in [-0.25, -0.2) is 4.79 Å². The van der Waals surface area contributed by atoms with Crippen molar-refractivity contribution in [1.29, 1.82) is 0 Å². The number of hydrogen-bond donors (Lipinski definition) is 3. The van der Waals surface area contributed by atoms with Crippen LogP contribution in [0.4, 0.5) is 5.69 Å². The summed E-state index contributed by atoms with van der Waals surface area (Å²) in [5.41, 5.74) is 2.98. The molecular weight excluding hydrogens is 392 g/mol. The molecule has 3 rings (SSSR count). The number of nitrogens with one attached hydrogen (secondary N) is 3. The summed E-state index contributed by atoms with van der Waals surface area (Å²) in [5, 5.41) is 3.08. The summed E-state index contributed by atoms with van der Waals surface area (Å²) in [6, 6.07) is 15.5. The highest BCUT2D eigenvalue weighted by atomic mass is 16.5. The topological polar surface area (TPSA) is 67.5 Å². The number of nitrogens with zero attached hydrogens (tertiary/aromatic N) is 1. The minimum atomic E-state index is -0.505. The summed E-state index contributed by atoms with van der Waals surface area (Å²) in [7, 11) is 7.60. The van der Waals surface area contributed by atoms with Crippen LogP contribution in [0.5, 0.6) is 0 Å². The number of likely N-dealkylation sites (N-methyl/N-ethyl adjacent to an activating group) is 1. The first-order valence-electron chi connectivity index (χ1n) is 10.8. The van der Waals surface area contributed by atoms with Crippen molar-refractivity contribution in [2.75, 3.05) is 65.9 Å². The van der Waals surface area contributed by atoms with Crippen LogP contribution in [0.2, 0.25) is 0 Å². The van der Waals surface area contributed by atoms with Gasteiger partial charge in [-0.05, 0) is 24.3 Å². The SMILES string of the molecule is COC(=O)c1ccccc1C(=O)NC[C@H](c1ccc(N(C)C)cc1)[NH+]1CC[NH+](C)CC1. The van der Waals surface area contributed by atoms with E-state index in [0.29, 0.717) is 12.1 Å². The number of hydrogen-bond acceptors (Lipinski definition) is 4. The van der Waals surface area contributed by atoms with E-state index in [2.05, 4.69) is 41.5 Å². The molecule has 31 heavy (non-hydrogen) atoms. The summed E-state index contributed by atoms with van der Waals surface area (Å²) in [6.45, 7) is 4.84. The van der Waals surface area contributed by atoms with E-state index in [0.717, 1.165) is 31.9 Å². The number of methoxy groups -OCH3 is 1. The van der Waals surface area contributed by atoms with Crippen LogP contribution in [0, 0.1) is 0 Å². The molecule has 1 fully saturated rings. The van der Waals surface area contributed by atoms with Gasteiger partial charge >= 0.3 is 5.97 Å². The Morgan fingerprint density at radius 2 is 1.61 bits per heavy atom. The first-order valence-corrected chi connectivity index (χ1v) is 10.8. The van der Waals surface area contributed by atoms with E-state index < -0.39 is 5.97 Å². The van der Waals surface area contributed by atoms with Gasteiger partial charge in [0.15, 0.2) is 0 Å². The lowest BCUT2D eigenvalue weighted by Crippen LogP contribution is -3.27. The number of ether oxygens (including phenoxy) is 1. The minimum absolute atomic E-state index is 0.151. The smallest absolute Gasteiger partial charge is 0.338 e. The maximum absolute atomic E-state index is 13.0. The van der Waals surface area contributed by atoms with E-state index in [-0.39, 0.29) is 17.5 Å². The molecule has 1 aliphatic heterocycles. The van der Waals surface area contributed by atoms with Crippen molar-refractivity contribution in [2.45, 2.75) is 6.04 Å². The van der Waals surface area contributed by atoms with Crippen molar-refractivity contribution < 1.29 is 24.1 Å². The minimum Gasteiger partial charge on any atom is -0.465 e. The molecule has 0 bridgehead atoms. The van der Waals surface area contributed by atoms with Gasteiger partial charge in [-0.3, -0.25) is 4.79 Å². The molecule has 1 heterocycles. The average Bonchev–Trinajstić information content (AvgIpc) is 2.80. The van der Waals surface area contributed by atoms with Gasteiger partial charge in [0, 0.05) is 25.3 Å². The van der Waals surface area contributed by atoms with E-state index >= 15 is 0 Å². The summed E-state index contributed by atoms with van der Waals surface area (Å²) in [4.78, 5) is 30.1. The number of rotatable bonds is 7. The molecule has 0 saturated carbocycles. The normalized spacial score (nSPS) is 19.4. The second-order valence-electron chi connectivity index (χ2n) is 8.40. The Kier molecular flexibility index (Phi) is 7.65. The van der Waals surface area contributed by atoms with Gasteiger partial charge in [-0.2, -0.15) is 0 Å². The molecule has 1 saturated heterocycles. The fourth-order valence-electron chi connectivity index (χ4n) is 4.11. The Hall–Kier alpha value is -2.90. The summed E-state index contributed by atoms with van der Waals surface area (Å²) in [5.74, 6) is -0.760. The average molecular weight is 427 g/mol. The molecule has 1 aliphatic rings. The van der Waals surface area contributed by atoms with Crippen molar-refractivity contribution in [1.82, 2.24) is 5.32 Å². The highest BCUT2D eigenvalue weighted by Gasteiger charge is 2.30. The maximum Gasteiger partial charge on any atom is 0.338 e. The third-order valence-electron chi connectivity index (χ3n) is 6.09. The Bertz CT molecular complexity index is 890. The van der Waals surface area contributed by atoms with E-state index in [1.807, 2.05) is 14.1 Å². The van der Waals surface area contributed by atoms with Crippen molar-refractivity contribution in [3.05, 3.63) is 65.2 Å². The van der Waals surface area contributed by atoms with Crippen LogP contribution in [0.15, 0.2) is 48.5 Å². The molecule has 7 heteroatoms. The predicted molar refractivity (Wildman–Crippen MR) is 121 cm³/mol. The van der Waals surface area contributed by atoms with Crippen LogP contribution in [0.3, 0.4) is 0 Å². The first-order chi connectivity index (χ1) is 14.9. The number of amides is 1. The molecule has 1 amide bonds. The number of anilines is 1. The Labute approximate surface area is 184 Å². The maximum atomic E-state index is 13.0. The zero-order valence-electron chi connectivity index (χ0n) is 18.9. The number of carbonyl (C=O) groups excluding carboxylic acids is 2. The van der Waals surface area contributed by atoms with Crippen LogP contribution in [0.1, 0.15) is 32.3 Å². The lowest BCUT2D eigenvalue weighted by atomic mass is 10.0. The van der Waals surface area contributed by atoms with Gasteiger partial charge < -0.3 is 24.8 Å². The van der Waals surface area contributed by atoms with Crippen molar-refractivity contribution in [3.8, 4) is 0 Å². The van der Waals surface area contributed by atoms with Gasteiger partial charge in [-0.1, -0.05) is 24.3 Å². The third-order valence-corrected chi connectivity index (χ3v) is 6.09. The Balaban J connectivity index is 1.79. The second kappa shape index (κ2) is 10.4. The Morgan fingerprint density at radius 3 is 2.19 bits per heavy atom. The lowest BCUT2D eigenvalue weighted by Gasteiger charge is -2.33. The lowest BCUT2D eigenvalue weighted by molar-refractivity contribution is -1.02. The van der Waals surface area contributed by atoms with E-state index in [9.17, 15) is 9.59 Å². The van der Waals surface area contributed by atoms with Crippen molar-refractivity contribution in [3.63, 3.8) is 0 Å². The van der Waals surface area contributed by atoms with E-state index in [4.69, 9.17) is 4.74 Å². The van der Waals surface area contributed by atoms with Gasteiger partial charge in [0.25, 0.3) is 5.91 Å². The fourth-order valence-corrected chi connectivity index (χ4v) is 4.11. The molecule has 3 N–H and O–H groups in total. The summed E-state index contributed by atoms with van der Waals surface area (Å²) >= 11 is 0. The van der Waals surface area contributed by atoms with Crippen LogP contribution < -0.4 is 20.0 Å². The highest BCUT2D eigenvalue weighted by Crippen LogP contribution is 2.17. The van der Waals surface area contributed by atoms with Gasteiger partial charge in [0.1, 0.15) is 32.2 Å². The molecule has 0 unspecified atom stereocenters. The first kappa shape index (κ1) is 22.8. The number of esters is 1. The second-order valence-corrected chi connectivity index (χ2v) is 8.40. The monoisotopic (exact) mass is 426 g/mol. The van der Waals surface area contributed by atoms with E-state index in [1.165, 1.54) is 17.6 Å². The number of benzene rings is 2. The quantitative estimate of drug-likeness (QED) is 0.519. The number of quaternary nitrogens is 2. The molecular formula is C24H34N4O3+2. The Morgan fingerprint density at radius 1 is 1.00 bits per heavy atom. The zero-order valence-corrected chi connectivity index (χ0v) is 18.9. The molecule has 1 atom stereocenters. The third kappa shape index (κ3) is 5.62. The number of piperazine rings is 1. The van der Waals surface area contributed by atoms with E-state index in [1.54, 1.807) is 29.2 Å². The van der Waals surface area contributed by atoms with Crippen LogP contribution in [-0.2, 0) is 4.74 Å². The number of carbonyl (C=O) groups is 2. The van der Waals surface area contributed by atoms with Gasteiger partial charge in [0.05, 0.1) is 31.8 Å². The predicted octanol–water partition coefficient (Wildman–Crippen LogP) is -0.576. The highest BCUT2D eigenvalue weighted by molar-refractivity contribution is 6.05. The molecule has 0 aliphatic carbocycles. The van der Waals surface area contributed by atoms with Crippen molar-refractivity contribution in [2.24, 2.45) is 0 Å². The molecule has 0 radical (unpaired) electrons. The van der Waals surface area contributed by atoms with Crippen LogP contribution in [-0.4, -0.2) is 72.9 Å². The largest absolute Gasteiger partial charge is 0.465 e. The fraction of sp³-hybridized carbons (Fsp3) is 0.417.